The van der Waals surface area contributed by atoms with Crippen molar-refractivity contribution in [2.75, 3.05) is 32.9 Å². The molecule has 208 valence electrons. The van der Waals surface area contributed by atoms with Crippen molar-refractivity contribution in [1.29, 1.82) is 0 Å². The number of allylic oxidation sites excluding steroid dienone is 1. The molecule has 2 unspecified atom stereocenters. The number of nitrogens with zero attached hydrogens (tertiary/aromatic N) is 1. The molecule has 0 saturated carbocycles. The first-order valence-electron chi connectivity index (χ1n) is 12.6. The summed E-state index contributed by atoms with van der Waals surface area (Å²) in [7, 11) is 0. The highest BCUT2D eigenvalue weighted by molar-refractivity contribution is 6.00. The monoisotopic (exact) mass is 539 g/mol. The van der Waals surface area contributed by atoms with Crippen LogP contribution in [-0.4, -0.2) is 61.0 Å². The maximum Gasteiger partial charge on any atom is 0.336 e. The molecule has 0 aliphatic carbocycles. The van der Waals surface area contributed by atoms with E-state index in [0.717, 1.165) is 0 Å². The van der Waals surface area contributed by atoms with E-state index in [1.54, 1.807) is 39.0 Å². The van der Waals surface area contributed by atoms with Crippen LogP contribution in [0.3, 0.4) is 0 Å². The summed E-state index contributed by atoms with van der Waals surface area (Å²) in [5.74, 6) is -1.68. The molecule has 3 rings (SSSR count). The first-order chi connectivity index (χ1) is 18.8. The van der Waals surface area contributed by atoms with E-state index >= 15 is 0 Å². The molecule has 2 atom stereocenters. The Balaban J connectivity index is 1.92. The Morgan fingerprint density at radius 1 is 1.05 bits per heavy atom. The highest BCUT2D eigenvalue weighted by atomic mass is 16.6. The Bertz CT molecular complexity index is 1240. The number of carbonyl (C=O) groups is 2. The number of non-ortho nitro benzene ring substituents is 1. The number of esters is 2. The smallest absolute Gasteiger partial charge is 0.336 e. The molecular formula is C28H33N3O8. The number of aliphatic hydroxyl groups excluding tert-OH is 1. The van der Waals surface area contributed by atoms with Gasteiger partial charge in [0, 0.05) is 36.6 Å². The second kappa shape index (κ2) is 14.1. The summed E-state index contributed by atoms with van der Waals surface area (Å²) in [6.45, 7) is 5.48. The van der Waals surface area contributed by atoms with E-state index in [1.807, 2.05) is 18.2 Å². The van der Waals surface area contributed by atoms with E-state index in [9.17, 15) is 24.8 Å². The summed E-state index contributed by atoms with van der Waals surface area (Å²) in [5.41, 5.74) is 1.30. The minimum atomic E-state index is -0.979. The Morgan fingerprint density at radius 3 is 2.36 bits per heavy atom. The van der Waals surface area contributed by atoms with Crippen molar-refractivity contribution in [2.24, 2.45) is 0 Å². The van der Waals surface area contributed by atoms with Crippen LogP contribution in [0.1, 0.15) is 32.3 Å². The van der Waals surface area contributed by atoms with Crippen molar-refractivity contribution < 1.29 is 33.8 Å². The fourth-order valence-electron chi connectivity index (χ4n) is 4.25. The third-order valence-corrected chi connectivity index (χ3v) is 5.92. The van der Waals surface area contributed by atoms with Gasteiger partial charge in [-0.05, 0) is 38.5 Å². The number of aliphatic hydroxyl groups is 1. The van der Waals surface area contributed by atoms with Crippen molar-refractivity contribution >= 4 is 17.6 Å². The SMILES string of the molecule is CCOC(=O)C1=C(C)NC(CNCC(O)COc2ccccc2)=C(C(=O)OCC)C1c1cccc([N+](=O)[O-])c1. The van der Waals surface area contributed by atoms with Crippen LogP contribution in [0.2, 0.25) is 0 Å². The Labute approximate surface area is 226 Å². The van der Waals surface area contributed by atoms with Crippen LogP contribution >= 0.6 is 0 Å². The maximum absolute atomic E-state index is 13.3. The predicted molar refractivity (Wildman–Crippen MR) is 143 cm³/mol. The number of nitro groups is 1. The van der Waals surface area contributed by atoms with Gasteiger partial charge in [-0.25, -0.2) is 9.59 Å². The lowest BCUT2D eigenvalue weighted by Crippen LogP contribution is -2.39. The van der Waals surface area contributed by atoms with Gasteiger partial charge in [0.1, 0.15) is 18.5 Å². The topological polar surface area (TPSA) is 149 Å². The maximum atomic E-state index is 13.3. The van der Waals surface area contributed by atoms with Crippen molar-refractivity contribution in [3.63, 3.8) is 0 Å². The summed E-state index contributed by atoms with van der Waals surface area (Å²) in [6, 6.07) is 14.9. The summed E-state index contributed by atoms with van der Waals surface area (Å²) in [4.78, 5) is 37.3. The fraction of sp³-hybridized carbons (Fsp3) is 0.357. The molecule has 0 bridgehead atoms. The van der Waals surface area contributed by atoms with E-state index in [2.05, 4.69) is 10.6 Å². The summed E-state index contributed by atoms with van der Waals surface area (Å²) in [5, 5.41) is 28.1. The molecule has 2 aromatic rings. The van der Waals surface area contributed by atoms with Crippen molar-refractivity contribution in [3.05, 3.63) is 92.8 Å². The third-order valence-electron chi connectivity index (χ3n) is 5.92. The van der Waals surface area contributed by atoms with Crippen molar-refractivity contribution in [2.45, 2.75) is 32.8 Å². The van der Waals surface area contributed by atoms with Crippen molar-refractivity contribution in [1.82, 2.24) is 10.6 Å². The summed E-state index contributed by atoms with van der Waals surface area (Å²) in [6.07, 6.45) is -0.847. The highest BCUT2D eigenvalue weighted by Gasteiger charge is 2.39. The molecule has 11 nitrogen and oxygen atoms in total. The van der Waals surface area contributed by atoms with Gasteiger partial charge in [0.2, 0.25) is 0 Å². The van der Waals surface area contributed by atoms with Crippen molar-refractivity contribution in [3.8, 4) is 5.75 Å². The second-order valence-corrected chi connectivity index (χ2v) is 8.69. The molecule has 1 aliphatic rings. The van der Waals surface area contributed by atoms with Gasteiger partial charge in [-0.2, -0.15) is 0 Å². The van der Waals surface area contributed by atoms with E-state index in [-0.39, 0.29) is 49.7 Å². The molecule has 1 aliphatic heterocycles. The number of carbonyl (C=O) groups excluding carboxylic acids is 2. The van der Waals surface area contributed by atoms with Crippen LogP contribution < -0.4 is 15.4 Å². The quantitative estimate of drug-likeness (QED) is 0.197. The molecule has 0 radical (unpaired) electrons. The number of benzene rings is 2. The zero-order chi connectivity index (χ0) is 28.4. The molecule has 39 heavy (non-hydrogen) atoms. The standard InChI is InChI=1S/C28H33N3O8/c1-4-37-27(33)24-18(3)30-23(16-29-15-21(32)17-39-22-12-7-6-8-13-22)26(28(34)38-5-2)25(24)19-10-9-11-20(14-19)31(35)36/h6-14,21,25,29-30,32H,4-5,15-17H2,1-3H3. The average Bonchev–Trinajstić information content (AvgIpc) is 2.92. The van der Waals surface area contributed by atoms with E-state index in [1.165, 1.54) is 18.2 Å². The number of hydrogen-bond acceptors (Lipinski definition) is 10. The lowest BCUT2D eigenvalue weighted by molar-refractivity contribution is -0.384. The molecule has 1 heterocycles. The number of hydrogen-bond donors (Lipinski definition) is 3. The molecule has 0 aromatic heterocycles. The minimum Gasteiger partial charge on any atom is -0.491 e. The van der Waals surface area contributed by atoms with Crippen LogP contribution in [0.15, 0.2) is 77.1 Å². The molecule has 0 amide bonds. The van der Waals surface area contributed by atoms with Gasteiger partial charge in [-0.1, -0.05) is 30.3 Å². The van der Waals surface area contributed by atoms with Gasteiger partial charge in [-0.3, -0.25) is 10.1 Å². The minimum absolute atomic E-state index is 0.0521. The zero-order valence-electron chi connectivity index (χ0n) is 22.1. The van der Waals surface area contributed by atoms with Gasteiger partial charge in [-0.15, -0.1) is 0 Å². The molecule has 0 fully saturated rings. The number of nitrogens with one attached hydrogen (secondary N) is 2. The van der Waals surface area contributed by atoms with Crippen LogP contribution in [0, 0.1) is 10.1 Å². The van der Waals surface area contributed by atoms with Gasteiger partial charge >= 0.3 is 11.9 Å². The van der Waals surface area contributed by atoms with Gasteiger partial charge in [0.15, 0.2) is 0 Å². The lowest BCUT2D eigenvalue weighted by atomic mass is 9.80. The van der Waals surface area contributed by atoms with Crippen LogP contribution in [0.5, 0.6) is 5.75 Å². The predicted octanol–water partition coefficient (Wildman–Crippen LogP) is 2.97. The number of para-hydroxylation sites is 1. The Morgan fingerprint density at radius 2 is 1.72 bits per heavy atom. The second-order valence-electron chi connectivity index (χ2n) is 8.69. The van der Waals surface area contributed by atoms with Gasteiger partial charge in [0.25, 0.3) is 5.69 Å². The van der Waals surface area contributed by atoms with Crippen LogP contribution in [0.4, 0.5) is 5.69 Å². The molecule has 0 spiro atoms. The zero-order valence-corrected chi connectivity index (χ0v) is 22.1. The Hall–Kier alpha value is -4.22. The van der Waals surface area contributed by atoms with E-state index < -0.39 is 28.9 Å². The summed E-state index contributed by atoms with van der Waals surface area (Å²) < 4.78 is 16.2. The molecule has 2 aromatic carbocycles. The first kappa shape index (κ1) is 29.3. The normalized spacial score (nSPS) is 15.8. The molecule has 0 saturated heterocycles. The largest absolute Gasteiger partial charge is 0.491 e. The number of nitro benzene ring substituents is 1. The lowest BCUT2D eigenvalue weighted by Gasteiger charge is -2.31. The van der Waals surface area contributed by atoms with E-state index in [0.29, 0.717) is 22.7 Å². The molecule has 3 N–H and O–H groups in total. The summed E-state index contributed by atoms with van der Waals surface area (Å²) >= 11 is 0. The molecule has 11 heteroatoms. The number of rotatable bonds is 13. The average molecular weight is 540 g/mol. The number of dihydropyridines is 1. The fourth-order valence-corrected chi connectivity index (χ4v) is 4.25. The van der Waals surface area contributed by atoms with E-state index in [4.69, 9.17) is 14.2 Å². The van der Waals surface area contributed by atoms with Gasteiger partial charge < -0.3 is 30.0 Å². The van der Waals surface area contributed by atoms with Crippen LogP contribution in [0.25, 0.3) is 0 Å². The number of ether oxygens (including phenoxy) is 3. The first-order valence-corrected chi connectivity index (χ1v) is 12.6. The Kier molecular flexibility index (Phi) is 10.6. The third kappa shape index (κ3) is 7.65. The highest BCUT2D eigenvalue weighted by Crippen LogP contribution is 2.40. The molecular weight excluding hydrogens is 506 g/mol. The van der Waals surface area contributed by atoms with Gasteiger partial charge in [0.05, 0.1) is 35.2 Å². The van der Waals surface area contributed by atoms with Crippen LogP contribution in [-0.2, 0) is 19.1 Å².